The third-order valence-electron chi connectivity index (χ3n) is 5.57. The van der Waals surface area contributed by atoms with Crippen molar-refractivity contribution in [3.63, 3.8) is 0 Å². The highest BCUT2D eigenvalue weighted by molar-refractivity contribution is 5.76. The van der Waals surface area contributed by atoms with Gasteiger partial charge in [0.25, 0.3) is 0 Å². The Labute approximate surface area is 193 Å². The van der Waals surface area contributed by atoms with Gasteiger partial charge in [-0.25, -0.2) is 0 Å². The summed E-state index contributed by atoms with van der Waals surface area (Å²) in [6, 6.07) is -4.15. The number of nitrogens with two attached hydrogens (primary N) is 1. The summed E-state index contributed by atoms with van der Waals surface area (Å²) < 4.78 is 92.5. The van der Waals surface area contributed by atoms with Gasteiger partial charge in [-0.1, -0.05) is 27.7 Å². The van der Waals surface area contributed by atoms with E-state index < -0.39 is 73.4 Å². The molecule has 0 saturated carbocycles. The largest absolute Gasteiger partial charge is 0.493 e. The van der Waals surface area contributed by atoms with E-state index in [4.69, 9.17) is 29.5 Å². The van der Waals surface area contributed by atoms with Crippen LogP contribution in [0, 0.1) is 17.8 Å². The van der Waals surface area contributed by atoms with Gasteiger partial charge in [-0.05, 0) is 47.8 Å². The molecule has 1 aromatic rings. The summed E-state index contributed by atoms with van der Waals surface area (Å²) in [5.74, 6) is -2.61. The van der Waals surface area contributed by atoms with Crippen molar-refractivity contribution >= 4 is 5.97 Å². The first-order chi connectivity index (χ1) is 17.7. The SMILES string of the molecule is [2H]c1c(OC([2H])([2H])[2H])c(OC)c([2H])c2c1C([2H])([2H])CN1CC(CC(C)C)C([2H])(OC(=O)[C@@H](N)C(C)C)CC21[2H]. The van der Waals surface area contributed by atoms with Crippen molar-refractivity contribution in [2.75, 3.05) is 27.2 Å². The highest BCUT2D eigenvalue weighted by atomic mass is 16.5. The number of benzene rings is 1. The van der Waals surface area contributed by atoms with Crippen LogP contribution in [0.5, 0.6) is 11.5 Å². The molecule has 3 rings (SSSR count). The zero-order valence-corrected chi connectivity index (χ0v) is 18.3. The van der Waals surface area contributed by atoms with Gasteiger partial charge in [-0.2, -0.15) is 0 Å². The number of rotatable bonds is 7. The van der Waals surface area contributed by atoms with Crippen molar-refractivity contribution in [1.82, 2.24) is 4.90 Å². The van der Waals surface area contributed by atoms with Crippen molar-refractivity contribution in [2.45, 2.75) is 65.0 Å². The smallest absolute Gasteiger partial charge is 0.323 e. The molecule has 0 radical (unpaired) electrons. The maximum atomic E-state index is 12.9. The van der Waals surface area contributed by atoms with Gasteiger partial charge in [0.1, 0.15) is 12.1 Å². The Morgan fingerprint density at radius 2 is 2.10 bits per heavy atom. The number of carbonyl (C=O) groups excluding carboxylic acids is 1. The number of ether oxygens (including phenoxy) is 3. The Morgan fingerprint density at radius 1 is 1.37 bits per heavy atom. The minimum Gasteiger partial charge on any atom is -0.493 e. The molecule has 1 aromatic carbocycles. The zero-order valence-electron chi connectivity index (χ0n) is 27.3. The number of methoxy groups -OCH3 is 2. The topological polar surface area (TPSA) is 74.0 Å². The maximum absolute atomic E-state index is 12.9. The fourth-order valence-corrected chi connectivity index (χ4v) is 3.87. The molecule has 2 N–H and O–H groups in total. The van der Waals surface area contributed by atoms with Crippen LogP contribution < -0.4 is 15.2 Å². The van der Waals surface area contributed by atoms with E-state index in [2.05, 4.69) is 0 Å². The minimum absolute atomic E-state index is 0.0109. The second-order valence-electron chi connectivity index (χ2n) is 8.63. The number of fused-ring (bicyclic) bond motifs is 3. The Hall–Kier alpha value is -1.79. The molecule has 0 bridgehead atoms. The summed E-state index contributed by atoms with van der Waals surface area (Å²) in [4.78, 5) is 14.4. The molecular weight excluding hydrogens is 380 g/mol. The van der Waals surface area contributed by atoms with E-state index in [1.807, 2.05) is 13.8 Å². The average Bonchev–Trinajstić information content (AvgIpc) is 2.76. The lowest BCUT2D eigenvalue weighted by Crippen LogP contribution is -2.51. The summed E-state index contributed by atoms with van der Waals surface area (Å²) in [6.45, 7) is 7.03. The molecule has 6 heteroatoms. The molecule has 6 nitrogen and oxygen atoms in total. The molecule has 1 fully saturated rings. The Balaban J connectivity index is 2.26. The summed E-state index contributed by atoms with van der Waals surface area (Å²) in [6.07, 6.45) is -4.22. The lowest BCUT2D eigenvalue weighted by Gasteiger charge is -2.47. The number of carbonyl (C=O) groups is 1. The van der Waals surface area contributed by atoms with Crippen molar-refractivity contribution in [1.29, 1.82) is 0 Å². The standard InChI is InChI=1S/C24H38N2O4/c1-14(2)9-17-13-26-8-7-16-10-21(28-5)22(29-6)11-18(16)19(26)12-20(17)30-24(27)23(25)15(3)4/h10-11,14-15,17,19-20,23H,7-9,12-13,25H2,1-6H3/t17?,19?,20?,23-/m0/s1/i5D3,7D2,10D,11D,19D,20D. The van der Waals surface area contributed by atoms with Crippen LogP contribution in [0.4, 0.5) is 0 Å². The highest BCUT2D eigenvalue weighted by Gasteiger charge is 2.41. The van der Waals surface area contributed by atoms with Gasteiger partial charge in [0.15, 0.2) is 11.5 Å². The first kappa shape index (κ1) is 13.6. The Morgan fingerprint density at radius 3 is 2.73 bits per heavy atom. The zero-order chi connectivity index (χ0) is 29.9. The van der Waals surface area contributed by atoms with Crippen LogP contribution in [0.3, 0.4) is 0 Å². The molecule has 168 valence electrons. The summed E-state index contributed by atoms with van der Waals surface area (Å²) in [5, 5.41) is 0. The third kappa shape index (κ3) is 4.75. The fourth-order valence-electron chi connectivity index (χ4n) is 3.87. The van der Waals surface area contributed by atoms with E-state index in [0.29, 0.717) is 6.42 Å². The van der Waals surface area contributed by atoms with Crippen molar-refractivity contribution in [3.05, 3.63) is 23.2 Å². The third-order valence-corrected chi connectivity index (χ3v) is 5.57. The Bertz CT molecular complexity index is 1110. The molecule has 2 aliphatic heterocycles. The number of nitrogens with zero attached hydrogens (tertiary/aromatic N) is 1. The van der Waals surface area contributed by atoms with Crippen LogP contribution in [-0.4, -0.2) is 50.2 Å². The molecule has 4 atom stereocenters. The van der Waals surface area contributed by atoms with E-state index >= 15 is 0 Å². The first-order valence-corrected chi connectivity index (χ1v) is 10.3. The predicted molar refractivity (Wildman–Crippen MR) is 118 cm³/mol. The molecule has 2 heterocycles. The number of hydrogen-bond acceptors (Lipinski definition) is 6. The molecule has 0 amide bonds. The minimum atomic E-state index is -3.01. The van der Waals surface area contributed by atoms with Gasteiger partial charge in [0.05, 0.1) is 23.7 Å². The summed E-state index contributed by atoms with van der Waals surface area (Å²) in [5.41, 5.74) is 5.38. The van der Waals surface area contributed by atoms with Crippen LogP contribution in [0.25, 0.3) is 0 Å². The number of piperidine rings is 1. The van der Waals surface area contributed by atoms with Crippen LogP contribution in [0.15, 0.2) is 12.1 Å². The van der Waals surface area contributed by atoms with Gasteiger partial charge in [-0.3, -0.25) is 9.69 Å². The van der Waals surface area contributed by atoms with Crippen molar-refractivity contribution in [2.24, 2.45) is 23.5 Å². The second-order valence-corrected chi connectivity index (χ2v) is 8.63. The van der Waals surface area contributed by atoms with Gasteiger partial charge in [-0.15, -0.1) is 0 Å². The van der Waals surface area contributed by atoms with Crippen molar-refractivity contribution in [3.8, 4) is 11.5 Å². The van der Waals surface area contributed by atoms with Gasteiger partial charge >= 0.3 is 5.97 Å². The molecule has 0 aromatic heterocycles. The molecule has 0 aliphatic carbocycles. The van der Waals surface area contributed by atoms with Crippen LogP contribution >= 0.6 is 0 Å². The molecule has 3 unspecified atom stereocenters. The highest BCUT2D eigenvalue weighted by Crippen LogP contribution is 2.44. The monoisotopic (exact) mass is 427 g/mol. The van der Waals surface area contributed by atoms with Gasteiger partial charge < -0.3 is 19.9 Å². The number of hydrogen-bond donors (Lipinski definition) is 1. The summed E-state index contributed by atoms with van der Waals surface area (Å²) in [7, 11) is -1.86. The van der Waals surface area contributed by atoms with Crippen LogP contribution in [0.2, 0.25) is 0 Å². The molecule has 2 aliphatic rings. The quantitative estimate of drug-likeness (QED) is 0.671. The predicted octanol–water partition coefficient (Wildman–Crippen LogP) is 3.56. The first-order valence-electron chi connectivity index (χ1n) is 14.8. The molecule has 0 spiro atoms. The van der Waals surface area contributed by atoms with E-state index in [-0.39, 0.29) is 36.1 Å². The lowest BCUT2D eigenvalue weighted by atomic mass is 9.79. The van der Waals surface area contributed by atoms with Crippen LogP contribution in [-0.2, 0) is 15.9 Å². The molecular formula is C24H38N2O4. The van der Waals surface area contributed by atoms with E-state index in [1.54, 1.807) is 13.8 Å². The maximum Gasteiger partial charge on any atom is 0.323 e. The van der Waals surface area contributed by atoms with Crippen LogP contribution in [0.1, 0.15) is 70.0 Å². The average molecular weight is 428 g/mol. The summed E-state index contributed by atoms with van der Waals surface area (Å²) >= 11 is 0. The molecule has 1 saturated heterocycles. The molecule has 30 heavy (non-hydrogen) atoms. The van der Waals surface area contributed by atoms with E-state index in [9.17, 15) is 7.54 Å². The van der Waals surface area contributed by atoms with Gasteiger partial charge in [0.2, 0.25) is 0 Å². The van der Waals surface area contributed by atoms with Gasteiger partial charge in [0, 0.05) is 34.2 Å². The lowest BCUT2D eigenvalue weighted by molar-refractivity contribution is -0.160. The van der Waals surface area contributed by atoms with E-state index in [0.717, 1.165) is 7.11 Å². The Kier molecular flexibility index (Phi) is 4.33. The number of esters is 1. The van der Waals surface area contributed by atoms with Crippen molar-refractivity contribution < 1.29 is 31.3 Å². The normalized spacial score (nSPS) is 36.3. The van der Waals surface area contributed by atoms with E-state index in [1.165, 1.54) is 4.90 Å². The fraction of sp³-hybridized carbons (Fsp3) is 0.708. The second kappa shape index (κ2) is 9.56.